The Morgan fingerprint density at radius 2 is 1.85 bits per heavy atom. The number of aryl methyl sites for hydroxylation is 1. The van der Waals surface area contributed by atoms with Gasteiger partial charge in [-0.05, 0) is 78.5 Å². The molecule has 2 rings (SSSR count). The van der Waals surface area contributed by atoms with Gasteiger partial charge in [0, 0.05) is 19.8 Å². The Balaban J connectivity index is 2.01. The smallest absolute Gasteiger partial charge is 0.175 e. The lowest BCUT2D eigenvalue weighted by molar-refractivity contribution is 0.144. The first kappa shape index (κ1) is 21.7. The van der Waals surface area contributed by atoms with Crippen LogP contribution >= 0.6 is 15.9 Å². The number of nitrogens with one attached hydrogen (secondary N) is 1. The molecule has 148 valence electrons. The molecule has 0 atom stereocenters. The second kappa shape index (κ2) is 12.0. The topological polar surface area (TPSA) is 39.7 Å². The fraction of sp³-hybridized carbons (Fsp3) is 0.455. The van der Waals surface area contributed by atoms with E-state index in [2.05, 4.69) is 52.4 Å². The van der Waals surface area contributed by atoms with Crippen LogP contribution in [0.25, 0.3) is 0 Å². The molecular formula is C22H30BrNO3. The van der Waals surface area contributed by atoms with Crippen molar-refractivity contribution in [2.24, 2.45) is 0 Å². The average molecular weight is 436 g/mol. The Morgan fingerprint density at radius 3 is 2.59 bits per heavy atom. The van der Waals surface area contributed by atoms with Gasteiger partial charge in [-0.3, -0.25) is 0 Å². The van der Waals surface area contributed by atoms with E-state index in [1.807, 2.05) is 26.0 Å². The van der Waals surface area contributed by atoms with Crippen LogP contribution in [0.3, 0.4) is 0 Å². The number of halogens is 1. The van der Waals surface area contributed by atoms with Crippen molar-refractivity contribution >= 4 is 15.9 Å². The summed E-state index contributed by atoms with van der Waals surface area (Å²) in [5.74, 6) is 1.52. The summed E-state index contributed by atoms with van der Waals surface area (Å²) in [5, 5.41) is 3.44. The first-order valence-electron chi connectivity index (χ1n) is 9.56. The van der Waals surface area contributed by atoms with Crippen molar-refractivity contribution in [1.82, 2.24) is 5.32 Å². The van der Waals surface area contributed by atoms with Gasteiger partial charge in [0.15, 0.2) is 11.5 Å². The number of hydrogen-bond acceptors (Lipinski definition) is 4. The molecule has 0 amide bonds. The van der Waals surface area contributed by atoms with Gasteiger partial charge in [-0.25, -0.2) is 0 Å². The Labute approximate surface area is 171 Å². The Bertz CT molecular complexity index is 706. The van der Waals surface area contributed by atoms with Gasteiger partial charge in [0.1, 0.15) is 6.61 Å². The van der Waals surface area contributed by atoms with Crippen molar-refractivity contribution in [2.75, 3.05) is 26.4 Å². The summed E-state index contributed by atoms with van der Waals surface area (Å²) in [5.41, 5.74) is 3.55. The van der Waals surface area contributed by atoms with Crippen LogP contribution in [0.15, 0.2) is 40.9 Å². The molecule has 0 bridgehead atoms. The maximum atomic E-state index is 6.10. The predicted molar refractivity (Wildman–Crippen MR) is 114 cm³/mol. The lowest BCUT2D eigenvalue weighted by Gasteiger charge is -2.16. The largest absolute Gasteiger partial charge is 0.490 e. The van der Waals surface area contributed by atoms with Crippen LogP contribution in [0, 0.1) is 6.92 Å². The lowest BCUT2D eigenvalue weighted by Crippen LogP contribution is -2.16. The molecule has 0 fully saturated rings. The highest BCUT2D eigenvalue weighted by Gasteiger charge is 2.13. The van der Waals surface area contributed by atoms with Crippen LogP contribution in [-0.4, -0.2) is 26.4 Å². The van der Waals surface area contributed by atoms with E-state index in [1.54, 1.807) is 0 Å². The summed E-state index contributed by atoms with van der Waals surface area (Å²) in [4.78, 5) is 0. The van der Waals surface area contributed by atoms with Gasteiger partial charge in [0.25, 0.3) is 0 Å². The van der Waals surface area contributed by atoms with E-state index in [0.29, 0.717) is 13.2 Å². The van der Waals surface area contributed by atoms with Crippen LogP contribution in [0.2, 0.25) is 0 Å². The van der Waals surface area contributed by atoms with Gasteiger partial charge in [0.2, 0.25) is 0 Å². The molecule has 0 aliphatic carbocycles. The third-order valence-corrected chi connectivity index (χ3v) is 4.77. The molecule has 2 aromatic rings. The summed E-state index contributed by atoms with van der Waals surface area (Å²) in [6, 6.07) is 12.4. The van der Waals surface area contributed by atoms with E-state index in [-0.39, 0.29) is 0 Å². The van der Waals surface area contributed by atoms with Crippen molar-refractivity contribution in [2.45, 2.75) is 40.3 Å². The van der Waals surface area contributed by atoms with Crippen molar-refractivity contribution in [3.05, 3.63) is 57.6 Å². The molecule has 0 radical (unpaired) electrons. The van der Waals surface area contributed by atoms with Gasteiger partial charge in [0.05, 0.1) is 11.1 Å². The van der Waals surface area contributed by atoms with Crippen LogP contribution in [-0.2, 0) is 17.9 Å². The van der Waals surface area contributed by atoms with Crippen molar-refractivity contribution < 1.29 is 14.2 Å². The van der Waals surface area contributed by atoms with Gasteiger partial charge in [-0.2, -0.15) is 0 Å². The lowest BCUT2D eigenvalue weighted by atomic mass is 10.1. The molecule has 0 heterocycles. The van der Waals surface area contributed by atoms with Crippen LogP contribution in [0.4, 0.5) is 0 Å². The van der Waals surface area contributed by atoms with Crippen LogP contribution in [0.1, 0.15) is 37.0 Å². The maximum Gasteiger partial charge on any atom is 0.175 e. The summed E-state index contributed by atoms with van der Waals surface area (Å²) in [6.45, 7) is 10.5. The Kier molecular flexibility index (Phi) is 9.67. The van der Waals surface area contributed by atoms with E-state index >= 15 is 0 Å². The Morgan fingerprint density at radius 1 is 1.04 bits per heavy atom. The summed E-state index contributed by atoms with van der Waals surface area (Å²) < 4.78 is 18.2. The molecule has 0 unspecified atom stereocenters. The SMILES string of the molecule is CCOCCCNCc1cc(Br)c(OCc2ccccc2C)c(OCC)c1. The molecule has 2 aromatic carbocycles. The fourth-order valence-corrected chi connectivity index (χ4v) is 3.33. The van der Waals surface area contributed by atoms with E-state index in [1.165, 1.54) is 11.1 Å². The van der Waals surface area contributed by atoms with E-state index in [0.717, 1.165) is 54.3 Å². The maximum absolute atomic E-state index is 6.10. The second-order valence-electron chi connectivity index (χ2n) is 6.28. The number of ether oxygens (including phenoxy) is 3. The van der Waals surface area contributed by atoms with Gasteiger partial charge in [-0.15, -0.1) is 0 Å². The molecule has 0 saturated carbocycles. The molecule has 0 spiro atoms. The minimum Gasteiger partial charge on any atom is -0.490 e. The van der Waals surface area contributed by atoms with Gasteiger partial charge < -0.3 is 19.5 Å². The molecule has 4 nitrogen and oxygen atoms in total. The molecule has 0 aromatic heterocycles. The molecule has 5 heteroatoms. The molecular weight excluding hydrogens is 406 g/mol. The molecule has 0 aliphatic heterocycles. The van der Waals surface area contributed by atoms with E-state index < -0.39 is 0 Å². The van der Waals surface area contributed by atoms with E-state index in [9.17, 15) is 0 Å². The van der Waals surface area contributed by atoms with Crippen LogP contribution in [0.5, 0.6) is 11.5 Å². The standard InChI is InChI=1S/C22H30BrNO3/c1-4-25-12-8-11-24-15-18-13-20(23)22(21(14-18)26-5-2)27-16-19-10-7-6-9-17(19)3/h6-7,9-10,13-14,24H,4-5,8,11-12,15-16H2,1-3H3. The second-order valence-corrected chi connectivity index (χ2v) is 7.13. The highest BCUT2D eigenvalue weighted by atomic mass is 79.9. The molecule has 27 heavy (non-hydrogen) atoms. The fourth-order valence-electron chi connectivity index (χ4n) is 2.72. The number of hydrogen-bond donors (Lipinski definition) is 1. The zero-order valence-electron chi connectivity index (χ0n) is 16.5. The molecule has 0 saturated heterocycles. The minimum absolute atomic E-state index is 0.514. The highest BCUT2D eigenvalue weighted by Crippen LogP contribution is 2.37. The first-order valence-corrected chi connectivity index (χ1v) is 10.4. The third-order valence-electron chi connectivity index (χ3n) is 4.18. The predicted octanol–water partition coefficient (Wildman–Crippen LogP) is 5.25. The van der Waals surface area contributed by atoms with Gasteiger partial charge >= 0.3 is 0 Å². The van der Waals surface area contributed by atoms with Gasteiger partial charge in [-0.1, -0.05) is 24.3 Å². The Hall–Kier alpha value is -1.56. The van der Waals surface area contributed by atoms with E-state index in [4.69, 9.17) is 14.2 Å². The average Bonchev–Trinajstić information content (AvgIpc) is 2.65. The zero-order chi connectivity index (χ0) is 19.5. The monoisotopic (exact) mass is 435 g/mol. The highest BCUT2D eigenvalue weighted by molar-refractivity contribution is 9.10. The summed E-state index contributed by atoms with van der Waals surface area (Å²) >= 11 is 3.65. The first-order chi connectivity index (χ1) is 13.2. The zero-order valence-corrected chi connectivity index (χ0v) is 18.1. The van der Waals surface area contributed by atoms with Crippen molar-refractivity contribution in [3.63, 3.8) is 0 Å². The third kappa shape index (κ3) is 7.17. The molecule has 0 aliphatic rings. The van der Waals surface area contributed by atoms with Crippen molar-refractivity contribution in [3.8, 4) is 11.5 Å². The minimum atomic E-state index is 0.514. The number of benzene rings is 2. The quantitative estimate of drug-likeness (QED) is 0.462. The number of rotatable bonds is 12. The normalized spacial score (nSPS) is 10.8. The van der Waals surface area contributed by atoms with Crippen molar-refractivity contribution in [1.29, 1.82) is 0 Å². The molecule has 1 N–H and O–H groups in total. The summed E-state index contributed by atoms with van der Waals surface area (Å²) in [6.07, 6.45) is 1.00. The summed E-state index contributed by atoms with van der Waals surface area (Å²) in [7, 11) is 0. The van der Waals surface area contributed by atoms with Crippen LogP contribution < -0.4 is 14.8 Å².